The molecule has 3 atom stereocenters. The van der Waals surface area contributed by atoms with Crippen molar-refractivity contribution in [1.82, 2.24) is 20.3 Å². The second kappa shape index (κ2) is 11.3. The van der Waals surface area contributed by atoms with E-state index in [2.05, 4.69) is 25.6 Å². The number of aliphatic hydroxyl groups excluding tert-OH is 2. The van der Waals surface area contributed by atoms with Crippen molar-refractivity contribution in [2.45, 2.75) is 82.3 Å². The van der Waals surface area contributed by atoms with Gasteiger partial charge >= 0.3 is 0 Å². The number of amides is 1. The van der Waals surface area contributed by atoms with E-state index in [4.69, 9.17) is 4.74 Å². The summed E-state index contributed by atoms with van der Waals surface area (Å²) in [5.41, 5.74) is 2.72. The molecular formula is C28H35N5O4S. The molecule has 6 rings (SSSR count). The number of ether oxygens (including phenoxy) is 1. The van der Waals surface area contributed by atoms with Gasteiger partial charge in [0.15, 0.2) is 11.0 Å². The summed E-state index contributed by atoms with van der Waals surface area (Å²) in [5.74, 6) is 1.36. The van der Waals surface area contributed by atoms with Crippen LogP contribution in [-0.4, -0.2) is 62.0 Å². The van der Waals surface area contributed by atoms with Gasteiger partial charge in [0.1, 0.15) is 6.61 Å². The van der Waals surface area contributed by atoms with Crippen molar-refractivity contribution in [3.8, 4) is 11.1 Å². The van der Waals surface area contributed by atoms with Crippen molar-refractivity contribution in [2.75, 3.05) is 11.9 Å². The van der Waals surface area contributed by atoms with Gasteiger partial charge in [0.2, 0.25) is 5.91 Å². The van der Waals surface area contributed by atoms with E-state index >= 15 is 0 Å². The molecule has 0 saturated heterocycles. The summed E-state index contributed by atoms with van der Waals surface area (Å²) in [5, 5.41) is 26.7. The second-order valence-electron chi connectivity index (χ2n) is 11.0. The minimum absolute atomic E-state index is 0.0152. The zero-order valence-corrected chi connectivity index (χ0v) is 22.2. The number of carbonyl (C=O) groups excluding carboxylic acids is 1. The Morgan fingerprint density at radius 2 is 1.95 bits per heavy atom. The number of aliphatic hydroxyl groups is 2. The average molecular weight is 538 g/mol. The number of anilines is 1. The highest BCUT2D eigenvalue weighted by molar-refractivity contribution is 7.22. The Bertz CT molecular complexity index is 1260. The standard InChI is InChI=1S/C28H35N5O4S/c34-14-21(8-16-4-5-16)31-20-9-18(10-20)27(36)33-28-32-22-7-6-17(11-25(22)38-28)19-12-29-26(30-13-19)15-37-24-3-1-2-23(24)35/h6-7,11-13,16,18,20-21,23-24,31,34-35H,1-5,8-10,14-15H2,(H,32,33,36)/t18?,20?,21?,23-,24-/m0/s1. The highest BCUT2D eigenvalue weighted by Crippen LogP contribution is 2.36. The summed E-state index contributed by atoms with van der Waals surface area (Å²) < 4.78 is 6.77. The molecule has 3 aromatic rings. The van der Waals surface area contributed by atoms with Crippen LogP contribution in [0, 0.1) is 11.8 Å². The monoisotopic (exact) mass is 537 g/mol. The quantitative estimate of drug-likeness (QED) is 0.292. The van der Waals surface area contributed by atoms with Crippen LogP contribution in [0.25, 0.3) is 21.3 Å². The van der Waals surface area contributed by atoms with Crippen LogP contribution < -0.4 is 10.6 Å². The van der Waals surface area contributed by atoms with Gasteiger partial charge in [-0.2, -0.15) is 0 Å². The van der Waals surface area contributed by atoms with Crippen LogP contribution in [0.2, 0.25) is 0 Å². The van der Waals surface area contributed by atoms with E-state index in [1.54, 1.807) is 12.4 Å². The largest absolute Gasteiger partial charge is 0.395 e. The first kappa shape index (κ1) is 25.8. The maximum absolute atomic E-state index is 12.8. The molecule has 0 spiro atoms. The average Bonchev–Trinajstić information content (AvgIpc) is 3.48. The Hall–Kier alpha value is -2.50. The predicted octanol–water partition coefficient (Wildman–Crippen LogP) is 3.65. The molecule has 2 aromatic heterocycles. The molecule has 10 heteroatoms. The van der Waals surface area contributed by atoms with Gasteiger partial charge < -0.3 is 25.6 Å². The lowest BCUT2D eigenvalue weighted by Gasteiger charge is -2.37. The van der Waals surface area contributed by atoms with Gasteiger partial charge in [-0.15, -0.1) is 0 Å². The molecule has 202 valence electrons. The Morgan fingerprint density at radius 3 is 2.66 bits per heavy atom. The Labute approximate surface area is 226 Å². The lowest BCUT2D eigenvalue weighted by molar-refractivity contribution is -0.123. The van der Waals surface area contributed by atoms with Gasteiger partial charge in [0, 0.05) is 36.0 Å². The lowest BCUT2D eigenvalue weighted by atomic mass is 9.79. The summed E-state index contributed by atoms with van der Waals surface area (Å²) in [4.78, 5) is 26.3. The number of rotatable bonds is 11. The third kappa shape index (κ3) is 6.05. The fraction of sp³-hybridized carbons (Fsp3) is 0.571. The summed E-state index contributed by atoms with van der Waals surface area (Å²) in [6, 6.07) is 6.43. The van der Waals surface area contributed by atoms with Crippen LogP contribution in [-0.2, 0) is 16.1 Å². The van der Waals surface area contributed by atoms with Gasteiger partial charge in [0.25, 0.3) is 0 Å². The van der Waals surface area contributed by atoms with Crippen molar-refractivity contribution in [3.63, 3.8) is 0 Å². The van der Waals surface area contributed by atoms with Crippen LogP contribution in [0.1, 0.15) is 57.2 Å². The maximum atomic E-state index is 12.8. The van der Waals surface area contributed by atoms with Gasteiger partial charge in [0.05, 0.1) is 29.0 Å². The Kier molecular flexibility index (Phi) is 7.67. The Balaban J connectivity index is 1.02. The van der Waals surface area contributed by atoms with Crippen molar-refractivity contribution >= 4 is 32.6 Å². The summed E-state index contributed by atoms with van der Waals surface area (Å²) in [6.07, 6.45) is 10.9. The van der Waals surface area contributed by atoms with E-state index in [-0.39, 0.29) is 36.7 Å². The molecule has 0 bridgehead atoms. The minimum Gasteiger partial charge on any atom is -0.395 e. The SMILES string of the molecule is O=C(Nc1nc2ccc(-c3cnc(CO[C@H]4CCC[C@@H]4O)nc3)cc2s1)C1CC(NC(CO)CC2CC2)C1. The maximum Gasteiger partial charge on any atom is 0.229 e. The van der Waals surface area contributed by atoms with E-state index in [0.717, 1.165) is 65.8 Å². The van der Waals surface area contributed by atoms with Gasteiger partial charge in [-0.05, 0) is 62.1 Å². The first-order chi connectivity index (χ1) is 18.5. The summed E-state index contributed by atoms with van der Waals surface area (Å²) >= 11 is 1.46. The van der Waals surface area contributed by atoms with Crippen LogP contribution in [0.3, 0.4) is 0 Å². The van der Waals surface area contributed by atoms with Gasteiger partial charge in [-0.3, -0.25) is 4.79 Å². The van der Waals surface area contributed by atoms with E-state index in [1.807, 2.05) is 18.2 Å². The van der Waals surface area contributed by atoms with Gasteiger partial charge in [-0.1, -0.05) is 30.2 Å². The zero-order valence-electron chi connectivity index (χ0n) is 21.4. The fourth-order valence-corrected chi connectivity index (χ4v) is 6.39. The van der Waals surface area contributed by atoms with Crippen molar-refractivity contribution in [1.29, 1.82) is 0 Å². The molecule has 9 nitrogen and oxygen atoms in total. The summed E-state index contributed by atoms with van der Waals surface area (Å²) in [7, 11) is 0. The number of carbonyl (C=O) groups is 1. The minimum atomic E-state index is -0.390. The molecule has 3 aliphatic carbocycles. The molecule has 3 aliphatic rings. The van der Waals surface area contributed by atoms with Crippen LogP contribution in [0.5, 0.6) is 0 Å². The third-order valence-electron chi connectivity index (χ3n) is 8.02. The van der Waals surface area contributed by atoms with E-state index < -0.39 is 0 Å². The molecule has 1 aromatic carbocycles. The number of fused-ring (bicyclic) bond motifs is 1. The topological polar surface area (TPSA) is 129 Å². The normalized spacial score (nSPS) is 25.8. The number of aromatic nitrogens is 3. The smallest absolute Gasteiger partial charge is 0.229 e. The number of thiazole rings is 1. The van der Waals surface area contributed by atoms with Crippen molar-refractivity contribution < 1.29 is 19.7 Å². The highest BCUT2D eigenvalue weighted by atomic mass is 32.1. The summed E-state index contributed by atoms with van der Waals surface area (Å²) in [6.45, 7) is 0.451. The zero-order chi connectivity index (χ0) is 26.1. The second-order valence-corrected chi connectivity index (χ2v) is 12.0. The highest BCUT2D eigenvalue weighted by Gasteiger charge is 2.36. The number of hydrogen-bond donors (Lipinski definition) is 4. The molecule has 3 fully saturated rings. The molecule has 0 aliphatic heterocycles. The van der Waals surface area contributed by atoms with E-state index in [9.17, 15) is 15.0 Å². The molecule has 3 saturated carbocycles. The molecule has 1 amide bonds. The first-order valence-corrected chi connectivity index (χ1v) is 14.5. The van der Waals surface area contributed by atoms with Crippen LogP contribution >= 0.6 is 11.3 Å². The third-order valence-corrected chi connectivity index (χ3v) is 8.95. The van der Waals surface area contributed by atoms with Crippen LogP contribution in [0.15, 0.2) is 30.6 Å². The molecule has 0 radical (unpaired) electrons. The number of nitrogens with zero attached hydrogens (tertiary/aromatic N) is 3. The molecule has 4 N–H and O–H groups in total. The Morgan fingerprint density at radius 1 is 1.13 bits per heavy atom. The molecule has 38 heavy (non-hydrogen) atoms. The van der Waals surface area contributed by atoms with E-state index in [1.165, 1.54) is 24.2 Å². The molecule has 2 heterocycles. The first-order valence-electron chi connectivity index (χ1n) is 13.7. The van der Waals surface area contributed by atoms with Crippen molar-refractivity contribution in [3.05, 3.63) is 36.4 Å². The predicted molar refractivity (Wildman–Crippen MR) is 146 cm³/mol. The number of hydrogen-bond acceptors (Lipinski definition) is 9. The fourth-order valence-electron chi connectivity index (χ4n) is 5.48. The molecule has 1 unspecified atom stereocenters. The number of nitrogens with one attached hydrogen (secondary N) is 2. The van der Waals surface area contributed by atoms with Crippen LogP contribution in [0.4, 0.5) is 5.13 Å². The van der Waals surface area contributed by atoms with E-state index in [0.29, 0.717) is 23.6 Å². The van der Waals surface area contributed by atoms with Crippen molar-refractivity contribution in [2.24, 2.45) is 11.8 Å². The number of benzene rings is 1. The molecular weight excluding hydrogens is 502 g/mol. The van der Waals surface area contributed by atoms with Gasteiger partial charge in [-0.25, -0.2) is 15.0 Å². The lowest BCUT2D eigenvalue weighted by Crippen LogP contribution is -2.50.